The van der Waals surface area contributed by atoms with E-state index >= 15 is 0 Å². The van der Waals surface area contributed by atoms with Gasteiger partial charge in [0.25, 0.3) is 0 Å². The maximum atomic E-state index is 13.6. The van der Waals surface area contributed by atoms with Crippen molar-refractivity contribution < 1.29 is 14.7 Å². The quantitative estimate of drug-likeness (QED) is 0.287. The first-order valence-electron chi connectivity index (χ1n) is 11.8. The Morgan fingerprint density at radius 2 is 1.50 bits per heavy atom. The summed E-state index contributed by atoms with van der Waals surface area (Å²) in [5.74, 6) is -1.26. The minimum atomic E-state index is -0.951. The number of aromatic carboxylic acids is 1. The molecule has 4 heteroatoms. The molecule has 1 unspecified atom stereocenters. The number of fused-ring (bicyclic) bond motifs is 1. The summed E-state index contributed by atoms with van der Waals surface area (Å²) in [4.78, 5) is 25.3. The van der Waals surface area contributed by atoms with E-state index in [2.05, 4.69) is 36.5 Å². The van der Waals surface area contributed by atoms with Crippen molar-refractivity contribution in [3.05, 3.63) is 113 Å². The third kappa shape index (κ3) is 5.18. The number of rotatable bonds is 9. The van der Waals surface area contributed by atoms with Crippen molar-refractivity contribution >= 4 is 28.3 Å². The summed E-state index contributed by atoms with van der Waals surface area (Å²) in [5.41, 5.74) is 3.64. The van der Waals surface area contributed by atoms with Gasteiger partial charge in [-0.1, -0.05) is 98.6 Å². The molecule has 0 aliphatic rings. The second kappa shape index (κ2) is 10.8. The van der Waals surface area contributed by atoms with Crippen LogP contribution in [0.2, 0.25) is 0 Å². The molecule has 1 atom stereocenters. The molecule has 2 N–H and O–H groups in total. The molecule has 4 nitrogen and oxygen atoms in total. The molecule has 0 radical (unpaired) electrons. The standard InChI is InChI=1S/C30H29NO3/c1-2-3-15-27(26-18-10-14-21-11-4-7-16-24(21)26)29(32)31-28-19-9-6-13-23(28)20-22-12-5-8-17-25(22)30(33)34/h4-14,16-19,27H,2-3,15,20H2,1H3,(H,31,32)(H,33,34). The highest BCUT2D eigenvalue weighted by atomic mass is 16.4. The Labute approximate surface area is 200 Å². The summed E-state index contributed by atoms with van der Waals surface area (Å²) in [6.07, 6.45) is 3.15. The van der Waals surface area contributed by atoms with E-state index in [1.54, 1.807) is 12.1 Å². The zero-order valence-corrected chi connectivity index (χ0v) is 19.3. The normalized spacial score (nSPS) is 11.8. The molecule has 0 bridgehead atoms. The fraction of sp³-hybridized carbons (Fsp3) is 0.200. The number of unbranched alkanes of at least 4 members (excludes halogenated alkanes) is 1. The smallest absolute Gasteiger partial charge is 0.335 e. The van der Waals surface area contributed by atoms with E-state index in [1.807, 2.05) is 54.6 Å². The van der Waals surface area contributed by atoms with Gasteiger partial charge in [0, 0.05) is 12.1 Å². The Morgan fingerprint density at radius 1 is 0.824 bits per heavy atom. The molecule has 34 heavy (non-hydrogen) atoms. The first kappa shape index (κ1) is 23.2. The highest BCUT2D eigenvalue weighted by Gasteiger charge is 2.23. The van der Waals surface area contributed by atoms with Crippen molar-refractivity contribution in [2.75, 3.05) is 5.32 Å². The lowest BCUT2D eigenvalue weighted by Crippen LogP contribution is -2.22. The predicted octanol–water partition coefficient (Wildman–Crippen LogP) is 7.04. The van der Waals surface area contributed by atoms with Crippen LogP contribution in [0, 0.1) is 0 Å². The number of hydrogen-bond donors (Lipinski definition) is 2. The van der Waals surface area contributed by atoms with E-state index in [0.29, 0.717) is 12.0 Å². The van der Waals surface area contributed by atoms with Crippen LogP contribution >= 0.6 is 0 Å². The third-order valence-electron chi connectivity index (χ3n) is 6.27. The molecule has 0 saturated heterocycles. The van der Waals surface area contributed by atoms with Gasteiger partial charge in [0.1, 0.15) is 0 Å². The minimum Gasteiger partial charge on any atom is -0.478 e. The van der Waals surface area contributed by atoms with Crippen molar-refractivity contribution in [3.63, 3.8) is 0 Å². The first-order valence-corrected chi connectivity index (χ1v) is 11.8. The van der Waals surface area contributed by atoms with E-state index < -0.39 is 5.97 Å². The maximum Gasteiger partial charge on any atom is 0.335 e. The number of carboxylic acid groups (broad SMARTS) is 1. The van der Waals surface area contributed by atoms with Gasteiger partial charge in [-0.05, 0) is 46.0 Å². The number of carbonyl (C=O) groups is 2. The van der Waals surface area contributed by atoms with E-state index in [9.17, 15) is 14.7 Å². The van der Waals surface area contributed by atoms with Crippen LogP contribution in [0.1, 0.15) is 59.2 Å². The zero-order valence-electron chi connectivity index (χ0n) is 19.3. The van der Waals surface area contributed by atoms with Gasteiger partial charge in [-0.25, -0.2) is 4.79 Å². The molecular formula is C30H29NO3. The lowest BCUT2D eigenvalue weighted by molar-refractivity contribution is -0.117. The first-order chi connectivity index (χ1) is 16.6. The molecule has 0 fully saturated rings. The van der Waals surface area contributed by atoms with Crippen molar-refractivity contribution in [2.24, 2.45) is 0 Å². The Bertz CT molecular complexity index is 1310. The largest absolute Gasteiger partial charge is 0.478 e. The van der Waals surface area contributed by atoms with Crippen molar-refractivity contribution in [1.29, 1.82) is 0 Å². The molecule has 0 aromatic heterocycles. The molecule has 0 aliphatic carbocycles. The lowest BCUT2D eigenvalue weighted by atomic mass is 9.88. The minimum absolute atomic E-state index is 0.0382. The second-order valence-electron chi connectivity index (χ2n) is 8.55. The summed E-state index contributed by atoms with van der Waals surface area (Å²) < 4.78 is 0. The Hall–Kier alpha value is -3.92. The number of para-hydroxylation sites is 1. The van der Waals surface area contributed by atoms with E-state index in [1.165, 1.54) is 0 Å². The van der Waals surface area contributed by atoms with E-state index in [0.717, 1.165) is 46.8 Å². The molecule has 0 aliphatic heterocycles. The van der Waals surface area contributed by atoms with Gasteiger partial charge in [0.05, 0.1) is 11.5 Å². The van der Waals surface area contributed by atoms with Crippen LogP contribution < -0.4 is 5.32 Å². The van der Waals surface area contributed by atoms with Gasteiger partial charge in [0.2, 0.25) is 5.91 Å². The third-order valence-corrected chi connectivity index (χ3v) is 6.27. The van der Waals surface area contributed by atoms with Gasteiger partial charge in [0.15, 0.2) is 0 Å². The Balaban J connectivity index is 1.65. The van der Waals surface area contributed by atoms with Crippen LogP contribution in [0.15, 0.2) is 91.0 Å². The molecule has 172 valence electrons. The summed E-state index contributed by atoms with van der Waals surface area (Å²) in [6, 6.07) is 28.9. The fourth-order valence-electron chi connectivity index (χ4n) is 4.49. The summed E-state index contributed by atoms with van der Waals surface area (Å²) in [7, 11) is 0. The highest BCUT2D eigenvalue weighted by molar-refractivity contribution is 6.00. The van der Waals surface area contributed by atoms with Crippen LogP contribution in [-0.4, -0.2) is 17.0 Å². The molecule has 0 heterocycles. The number of nitrogens with one attached hydrogen (secondary N) is 1. The van der Waals surface area contributed by atoms with Crippen molar-refractivity contribution in [2.45, 2.75) is 38.5 Å². The van der Waals surface area contributed by atoms with Gasteiger partial charge >= 0.3 is 5.97 Å². The average Bonchev–Trinajstić information content (AvgIpc) is 2.86. The molecule has 0 spiro atoms. The summed E-state index contributed by atoms with van der Waals surface area (Å²) in [5, 5.41) is 14.9. The van der Waals surface area contributed by atoms with Gasteiger partial charge in [-0.15, -0.1) is 0 Å². The van der Waals surface area contributed by atoms with E-state index in [-0.39, 0.29) is 17.4 Å². The van der Waals surface area contributed by atoms with Gasteiger partial charge < -0.3 is 10.4 Å². The summed E-state index contributed by atoms with van der Waals surface area (Å²) in [6.45, 7) is 2.13. The van der Waals surface area contributed by atoms with Gasteiger partial charge in [-0.3, -0.25) is 4.79 Å². The Morgan fingerprint density at radius 3 is 2.29 bits per heavy atom. The molecule has 0 saturated carbocycles. The molecular weight excluding hydrogens is 422 g/mol. The number of carbonyl (C=O) groups excluding carboxylic acids is 1. The SMILES string of the molecule is CCCCC(C(=O)Nc1ccccc1Cc1ccccc1C(=O)O)c1cccc2ccccc12. The van der Waals surface area contributed by atoms with Crippen LogP contribution in [0.5, 0.6) is 0 Å². The number of anilines is 1. The average molecular weight is 452 g/mol. The van der Waals surface area contributed by atoms with Crippen molar-refractivity contribution in [1.82, 2.24) is 0 Å². The topological polar surface area (TPSA) is 66.4 Å². The second-order valence-corrected chi connectivity index (χ2v) is 8.55. The molecule has 1 amide bonds. The van der Waals surface area contributed by atoms with Crippen LogP contribution in [0.3, 0.4) is 0 Å². The lowest BCUT2D eigenvalue weighted by Gasteiger charge is -2.20. The Kier molecular flexibility index (Phi) is 7.38. The molecule has 4 aromatic rings. The highest BCUT2D eigenvalue weighted by Crippen LogP contribution is 2.31. The monoisotopic (exact) mass is 451 g/mol. The zero-order chi connectivity index (χ0) is 23.9. The maximum absolute atomic E-state index is 13.6. The summed E-state index contributed by atoms with van der Waals surface area (Å²) >= 11 is 0. The number of benzene rings is 4. The predicted molar refractivity (Wildman–Crippen MR) is 137 cm³/mol. The van der Waals surface area contributed by atoms with Crippen LogP contribution in [-0.2, 0) is 11.2 Å². The number of amides is 1. The molecule has 4 rings (SSSR count). The van der Waals surface area contributed by atoms with Crippen LogP contribution in [0.4, 0.5) is 5.69 Å². The number of hydrogen-bond acceptors (Lipinski definition) is 2. The molecule has 4 aromatic carbocycles. The van der Waals surface area contributed by atoms with Gasteiger partial charge in [-0.2, -0.15) is 0 Å². The van der Waals surface area contributed by atoms with Crippen molar-refractivity contribution in [3.8, 4) is 0 Å². The fourth-order valence-corrected chi connectivity index (χ4v) is 4.49. The van der Waals surface area contributed by atoms with E-state index in [4.69, 9.17) is 0 Å². The van der Waals surface area contributed by atoms with Crippen LogP contribution in [0.25, 0.3) is 10.8 Å². The number of carboxylic acids is 1.